The number of aliphatic hydroxyl groups is 1. The molecule has 0 heterocycles. The molecule has 1 fully saturated rings. The molecule has 0 aromatic heterocycles. The summed E-state index contributed by atoms with van der Waals surface area (Å²) in [5.41, 5.74) is 0. The fourth-order valence-electron chi connectivity index (χ4n) is 1.87. The Labute approximate surface area is 74.0 Å². The highest BCUT2D eigenvalue weighted by Gasteiger charge is 2.33. The lowest BCUT2D eigenvalue weighted by atomic mass is 9.75. The molecule has 0 saturated heterocycles. The van der Waals surface area contributed by atoms with Crippen LogP contribution in [0.5, 0.6) is 0 Å². The van der Waals surface area contributed by atoms with Gasteiger partial charge in [0.1, 0.15) is 5.78 Å². The largest absolute Gasteiger partial charge is 0.393 e. The second-order valence-corrected chi connectivity index (χ2v) is 4.30. The first-order chi connectivity index (χ1) is 5.52. The van der Waals surface area contributed by atoms with E-state index in [-0.39, 0.29) is 17.9 Å². The summed E-state index contributed by atoms with van der Waals surface area (Å²) < 4.78 is 0. The molecule has 0 spiro atoms. The Morgan fingerprint density at radius 1 is 1.50 bits per heavy atom. The minimum absolute atomic E-state index is 0.0937. The number of rotatable bonds is 1. The zero-order chi connectivity index (χ0) is 9.30. The van der Waals surface area contributed by atoms with Crippen LogP contribution in [0.15, 0.2) is 0 Å². The first-order valence-corrected chi connectivity index (χ1v) is 4.73. The molecule has 1 aliphatic rings. The Morgan fingerprint density at radius 2 is 2.08 bits per heavy atom. The van der Waals surface area contributed by atoms with Crippen molar-refractivity contribution in [2.45, 2.75) is 39.7 Å². The van der Waals surface area contributed by atoms with Gasteiger partial charge in [-0.1, -0.05) is 20.8 Å². The van der Waals surface area contributed by atoms with Gasteiger partial charge in [-0.25, -0.2) is 0 Å². The quantitative estimate of drug-likeness (QED) is 0.649. The third kappa shape index (κ3) is 1.86. The van der Waals surface area contributed by atoms with Crippen molar-refractivity contribution in [3.63, 3.8) is 0 Å². The van der Waals surface area contributed by atoms with Crippen molar-refractivity contribution in [3.8, 4) is 0 Å². The third-order valence-corrected chi connectivity index (χ3v) is 2.89. The molecule has 1 unspecified atom stereocenters. The Bertz CT molecular complexity index is 175. The minimum atomic E-state index is -0.268. The molecule has 0 radical (unpaired) electrons. The van der Waals surface area contributed by atoms with Crippen molar-refractivity contribution < 1.29 is 9.90 Å². The molecular formula is C10H18O2. The van der Waals surface area contributed by atoms with E-state index in [0.29, 0.717) is 24.5 Å². The van der Waals surface area contributed by atoms with E-state index < -0.39 is 0 Å². The van der Waals surface area contributed by atoms with Gasteiger partial charge in [0.2, 0.25) is 0 Å². The molecule has 70 valence electrons. The second-order valence-electron chi connectivity index (χ2n) is 4.30. The van der Waals surface area contributed by atoms with Crippen molar-refractivity contribution in [3.05, 3.63) is 0 Å². The average Bonchev–Trinajstić information content (AvgIpc) is 1.96. The standard InChI is InChI=1S/C10H18O2/c1-6(2)8-5-9(11)7(3)4-10(8)12/h6-9,11H,4-5H2,1-3H3/t7-,8+,9?/m0/s1. The number of carbonyl (C=O) groups is 1. The molecule has 3 atom stereocenters. The Kier molecular flexibility index (Phi) is 2.89. The summed E-state index contributed by atoms with van der Waals surface area (Å²) in [6.07, 6.45) is 0.955. The fraction of sp³-hybridized carbons (Fsp3) is 0.900. The van der Waals surface area contributed by atoms with Crippen molar-refractivity contribution in [2.75, 3.05) is 0 Å². The van der Waals surface area contributed by atoms with Gasteiger partial charge in [0.25, 0.3) is 0 Å². The van der Waals surface area contributed by atoms with Gasteiger partial charge in [0, 0.05) is 12.3 Å². The highest BCUT2D eigenvalue weighted by molar-refractivity contribution is 5.82. The maximum Gasteiger partial charge on any atom is 0.136 e. The van der Waals surface area contributed by atoms with Crippen LogP contribution in [0.4, 0.5) is 0 Å². The van der Waals surface area contributed by atoms with Crippen molar-refractivity contribution in [1.82, 2.24) is 0 Å². The maximum atomic E-state index is 11.5. The normalized spacial score (nSPS) is 37.4. The van der Waals surface area contributed by atoms with Gasteiger partial charge >= 0.3 is 0 Å². The van der Waals surface area contributed by atoms with Crippen LogP contribution >= 0.6 is 0 Å². The molecule has 1 N–H and O–H groups in total. The fourth-order valence-corrected chi connectivity index (χ4v) is 1.87. The van der Waals surface area contributed by atoms with Crippen molar-refractivity contribution in [2.24, 2.45) is 17.8 Å². The van der Waals surface area contributed by atoms with Gasteiger partial charge in [0.15, 0.2) is 0 Å². The van der Waals surface area contributed by atoms with Gasteiger partial charge in [-0.05, 0) is 18.3 Å². The molecule has 0 aromatic carbocycles. The highest BCUT2D eigenvalue weighted by atomic mass is 16.3. The lowest BCUT2D eigenvalue weighted by molar-refractivity contribution is -0.131. The lowest BCUT2D eigenvalue weighted by Gasteiger charge is -2.31. The number of hydrogen-bond donors (Lipinski definition) is 1. The average molecular weight is 170 g/mol. The van der Waals surface area contributed by atoms with Crippen molar-refractivity contribution >= 4 is 5.78 Å². The van der Waals surface area contributed by atoms with E-state index in [2.05, 4.69) is 0 Å². The summed E-state index contributed by atoms with van der Waals surface area (Å²) in [6, 6.07) is 0. The smallest absolute Gasteiger partial charge is 0.136 e. The van der Waals surface area contributed by atoms with Crippen LogP contribution in [0.3, 0.4) is 0 Å². The van der Waals surface area contributed by atoms with Gasteiger partial charge in [-0.15, -0.1) is 0 Å². The first kappa shape index (κ1) is 9.72. The molecule has 12 heavy (non-hydrogen) atoms. The second kappa shape index (κ2) is 3.56. The predicted octanol–water partition coefficient (Wildman–Crippen LogP) is 1.62. The van der Waals surface area contributed by atoms with Crippen LogP contribution in [-0.2, 0) is 4.79 Å². The maximum absolute atomic E-state index is 11.5. The molecule has 0 aliphatic heterocycles. The van der Waals surface area contributed by atoms with E-state index in [9.17, 15) is 9.90 Å². The van der Waals surface area contributed by atoms with E-state index >= 15 is 0 Å². The van der Waals surface area contributed by atoms with E-state index in [1.165, 1.54) is 0 Å². The number of carbonyl (C=O) groups excluding carboxylic acids is 1. The van der Waals surface area contributed by atoms with Gasteiger partial charge < -0.3 is 5.11 Å². The molecule has 0 amide bonds. The zero-order valence-electron chi connectivity index (χ0n) is 8.08. The number of hydrogen-bond acceptors (Lipinski definition) is 2. The summed E-state index contributed by atoms with van der Waals surface area (Å²) in [4.78, 5) is 11.5. The summed E-state index contributed by atoms with van der Waals surface area (Å²) in [7, 11) is 0. The SMILES string of the molecule is CC(C)[C@H]1CC(O)[C@@H](C)CC1=O. The highest BCUT2D eigenvalue weighted by Crippen LogP contribution is 2.30. The number of aliphatic hydroxyl groups excluding tert-OH is 1. The Hall–Kier alpha value is -0.370. The van der Waals surface area contributed by atoms with Crippen LogP contribution < -0.4 is 0 Å². The molecule has 0 aromatic rings. The van der Waals surface area contributed by atoms with E-state index in [1.54, 1.807) is 0 Å². The zero-order valence-corrected chi connectivity index (χ0v) is 8.08. The predicted molar refractivity (Wildman–Crippen MR) is 47.7 cm³/mol. The Balaban J connectivity index is 2.62. The molecule has 1 aliphatic carbocycles. The number of ketones is 1. The van der Waals surface area contributed by atoms with E-state index in [4.69, 9.17) is 0 Å². The lowest BCUT2D eigenvalue weighted by Crippen LogP contribution is -2.36. The summed E-state index contributed by atoms with van der Waals surface area (Å²) in [5.74, 6) is 0.964. The van der Waals surface area contributed by atoms with Crippen LogP contribution in [0, 0.1) is 17.8 Å². The molecule has 0 bridgehead atoms. The van der Waals surface area contributed by atoms with Gasteiger partial charge in [-0.2, -0.15) is 0 Å². The molecule has 1 saturated carbocycles. The van der Waals surface area contributed by atoms with Crippen LogP contribution in [0.2, 0.25) is 0 Å². The molecule has 2 heteroatoms. The van der Waals surface area contributed by atoms with E-state index in [0.717, 1.165) is 0 Å². The third-order valence-electron chi connectivity index (χ3n) is 2.89. The summed E-state index contributed by atoms with van der Waals surface area (Å²) in [5, 5.41) is 9.56. The molecular weight excluding hydrogens is 152 g/mol. The summed E-state index contributed by atoms with van der Waals surface area (Å²) >= 11 is 0. The molecule has 1 rings (SSSR count). The first-order valence-electron chi connectivity index (χ1n) is 4.73. The van der Waals surface area contributed by atoms with Crippen molar-refractivity contribution in [1.29, 1.82) is 0 Å². The minimum Gasteiger partial charge on any atom is -0.393 e. The van der Waals surface area contributed by atoms with Gasteiger partial charge in [0.05, 0.1) is 6.10 Å². The topological polar surface area (TPSA) is 37.3 Å². The number of Topliss-reactive ketones (excluding diaryl/α,β-unsaturated/α-hetero) is 1. The summed E-state index contributed by atoms with van der Waals surface area (Å²) in [6.45, 7) is 6.04. The monoisotopic (exact) mass is 170 g/mol. The van der Waals surface area contributed by atoms with Crippen LogP contribution in [0.1, 0.15) is 33.6 Å². The van der Waals surface area contributed by atoms with Gasteiger partial charge in [-0.3, -0.25) is 4.79 Å². The van der Waals surface area contributed by atoms with E-state index in [1.807, 2.05) is 20.8 Å². The van der Waals surface area contributed by atoms with Crippen LogP contribution in [0.25, 0.3) is 0 Å². The van der Waals surface area contributed by atoms with Crippen LogP contribution in [-0.4, -0.2) is 17.0 Å². The Morgan fingerprint density at radius 3 is 2.58 bits per heavy atom. The molecule has 2 nitrogen and oxygen atoms in total.